The molecule has 1 aromatic carbocycles. The standard InChI is InChI=1S/C16H23N3O4/c1-11-5-4-8-18(10-11)12(2)16(20)17-14-9-13(19(21)22)6-7-15(14)23-3/h6-7,9,11-12H,4-5,8,10H2,1-3H3,(H,17,20)/t11-,12+/m1/s1. The molecule has 1 fully saturated rings. The van der Waals surface area contributed by atoms with E-state index in [0.717, 1.165) is 19.5 Å². The molecule has 0 saturated carbocycles. The number of methoxy groups -OCH3 is 1. The highest BCUT2D eigenvalue weighted by molar-refractivity contribution is 5.96. The third-order valence-electron chi connectivity index (χ3n) is 4.27. The maximum Gasteiger partial charge on any atom is 0.271 e. The summed E-state index contributed by atoms with van der Waals surface area (Å²) in [6.07, 6.45) is 2.27. The molecule has 1 aromatic rings. The molecule has 1 aliphatic rings. The number of nitrogens with one attached hydrogen (secondary N) is 1. The largest absolute Gasteiger partial charge is 0.495 e. The van der Waals surface area contributed by atoms with Crippen LogP contribution in [0.15, 0.2) is 18.2 Å². The lowest BCUT2D eigenvalue weighted by Gasteiger charge is -2.34. The Balaban J connectivity index is 2.12. The minimum absolute atomic E-state index is 0.0830. The molecule has 126 valence electrons. The first-order valence-corrected chi connectivity index (χ1v) is 7.79. The number of carbonyl (C=O) groups excluding carboxylic acids is 1. The number of hydrogen-bond donors (Lipinski definition) is 1. The van der Waals surface area contributed by atoms with Crippen molar-refractivity contribution in [1.29, 1.82) is 0 Å². The Morgan fingerprint density at radius 2 is 2.26 bits per heavy atom. The van der Waals surface area contributed by atoms with Crippen LogP contribution >= 0.6 is 0 Å². The summed E-state index contributed by atoms with van der Waals surface area (Å²) in [7, 11) is 1.46. The highest BCUT2D eigenvalue weighted by Crippen LogP contribution is 2.29. The van der Waals surface area contributed by atoms with Crippen LogP contribution in [0.3, 0.4) is 0 Å². The van der Waals surface area contributed by atoms with E-state index in [-0.39, 0.29) is 17.6 Å². The average Bonchev–Trinajstić information content (AvgIpc) is 2.53. The van der Waals surface area contributed by atoms with Crippen molar-refractivity contribution in [1.82, 2.24) is 4.90 Å². The monoisotopic (exact) mass is 321 g/mol. The van der Waals surface area contributed by atoms with E-state index in [2.05, 4.69) is 17.1 Å². The number of benzene rings is 1. The number of anilines is 1. The van der Waals surface area contributed by atoms with Gasteiger partial charge in [-0.25, -0.2) is 0 Å². The minimum Gasteiger partial charge on any atom is -0.495 e. The summed E-state index contributed by atoms with van der Waals surface area (Å²) in [5.41, 5.74) is 0.240. The summed E-state index contributed by atoms with van der Waals surface area (Å²) in [6.45, 7) is 5.82. The second-order valence-corrected chi connectivity index (χ2v) is 6.05. The maximum atomic E-state index is 12.5. The zero-order valence-corrected chi connectivity index (χ0v) is 13.7. The third kappa shape index (κ3) is 4.19. The van der Waals surface area contributed by atoms with Crippen LogP contribution < -0.4 is 10.1 Å². The van der Waals surface area contributed by atoms with Gasteiger partial charge in [-0.15, -0.1) is 0 Å². The Morgan fingerprint density at radius 1 is 1.52 bits per heavy atom. The van der Waals surface area contributed by atoms with Gasteiger partial charge in [-0.2, -0.15) is 0 Å². The van der Waals surface area contributed by atoms with E-state index in [4.69, 9.17) is 4.74 Å². The summed E-state index contributed by atoms with van der Waals surface area (Å²) >= 11 is 0. The Hall–Kier alpha value is -2.15. The van der Waals surface area contributed by atoms with Gasteiger partial charge in [0.25, 0.3) is 5.69 Å². The van der Waals surface area contributed by atoms with E-state index in [9.17, 15) is 14.9 Å². The van der Waals surface area contributed by atoms with E-state index in [0.29, 0.717) is 17.4 Å². The zero-order chi connectivity index (χ0) is 17.0. The van der Waals surface area contributed by atoms with Crippen molar-refractivity contribution in [3.8, 4) is 5.75 Å². The lowest BCUT2D eigenvalue weighted by Crippen LogP contribution is -2.46. The van der Waals surface area contributed by atoms with Gasteiger partial charge in [-0.3, -0.25) is 19.8 Å². The van der Waals surface area contributed by atoms with Gasteiger partial charge >= 0.3 is 0 Å². The van der Waals surface area contributed by atoms with Gasteiger partial charge in [-0.05, 0) is 38.3 Å². The summed E-state index contributed by atoms with van der Waals surface area (Å²) in [5, 5.41) is 13.7. The Labute approximate surface area is 135 Å². The first-order chi connectivity index (χ1) is 10.9. The first-order valence-electron chi connectivity index (χ1n) is 7.79. The number of nitro benzene ring substituents is 1. The average molecular weight is 321 g/mol. The van der Waals surface area contributed by atoms with Crippen molar-refractivity contribution in [3.05, 3.63) is 28.3 Å². The van der Waals surface area contributed by atoms with E-state index in [1.165, 1.54) is 31.7 Å². The van der Waals surface area contributed by atoms with Gasteiger partial charge in [0.15, 0.2) is 0 Å². The van der Waals surface area contributed by atoms with Gasteiger partial charge in [-0.1, -0.05) is 6.92 Å². The van der Waals surface area contributed by atoms with Crippen molar-refractivity contribution in [3.63, 3.8) is 0 Å². The number of piperidine rings is 1. The topological polar surface area (TPSA) is 84.7 Å². The molecule has 0 aliphatic carbocycles. The van der Waals surface area contributed by atoms with Crippen molar-refractivity contribution in [2.45, 2.75) is 32.7 Å². The first kappa shape index (κ1) is 17.2. The summed E-state index contributed by atoms with van der Waals surface area (Å²) in [4.78, 5) is 25.0. The molecule has 0 spiro atoms. The molecule has 23 heavy (non-hydrogen) atoms. The Kier molecular flexibility index (Phi) is 5.54. The molecule has 1 amide bonds. The van der Waals surface area contributed by atoms with E-state index in [1.807, 2.05) is 6.92 Å². The molecule has 1 N–H and O–H groups in total. The number of nitrogens with zero attached hydrogens (tertiary/aromatic N) is 2. The number of amides is 1. The fourth-order valence-electron chi connectivity index (χ4n) is 2.89. The predicted octanol–water partition coefficient (Wildman–Crippen LogP) is 2.66. The van der Waals surface area contributed by atoms with Gasteiger partial charge in [0.1, 0.15) is 5.75 Å². The highest BCUT2D eigenvalue weighted by atomic mass is 16.6. The van der Waals surface area contributed by atoms with E-state index in [1.54, 1.807) is 0 Å². The number of nitro groups is 1. The molecule has 7 heteroatoms. The zero-order valence-electron chi connectivity index (χ0n) is 13.7. The second-order valence-electron chi connectivity index (χ2n) is 6.05. The molecule has 2 rings (SSSR count). The van der Waals surface area contributed by atoms with Gasteiger partial charge in [0, 0.05) is 18.7 Å². The van der Waals surface area contributed by atoms with Crippen molar-refractivity contribution in [2.24, 2.45) is 5.92 Å². The van der Waals surface area contributed by atoms with Gasteiger partial charge < -0.3 is 10.1 Å². The molecule has 1 aliphatic heterocycles. The van der Waals surface area contributed by atoms with Crippen LogP contribution in [0.5, 0.6) is 5.75 Å². The lowest BCUT2D eigenvalue weighted by molar-refractivity contribution is -0.384. The number of hydrogen-bond acceptors (Lipinski definition) is 5. The van der Waals surface area contributed by atoms with Crippen LogP contribution in [0.4, 0.5) is 11.4 Å². The molecule has 0 aromatic heterocycles. The summed E-state index contributed by atoms with van der Waals surface area (Å²) < 4.78 is 5.17. The molecule has 1 heterocycles. The number of rotatable bonds is 5. The number of non-ortho nitro benzene ring substituents is 1. The number of likely N-dealkylation sites (tertiary alicyclic amines) is 1. The summed E-state index contributed by atoms with van der Waals surface area (Å²) in [6, 6.07) is 3.87. The summed E-state index contributed by atoms with van der Waals surface area (Å²) in [5.74, 6) is 0.799. The van der Waals surface area contributed by atoms with E-state index < -0.39 is 4.92 Å². The van der Waals surface area contributed by atoms with Crippen LogP contribution in [0.25, 0.3) is 0 Å². The van der Waals surface area contributed by atoms with Crippen LogP contribution in [-0.2, 0) is 4.79 Å². The third-order valence-corrected chi connectivity index (χ3v) is 4.27. The molecule has 2 atom stereocenters. The normalized spacial score (nSPS) is 19.9. The Bertz CT molecular complexity index is 591. The van der Waals surface area contributed by atoms with Crippen LogP contribution in [-0.4, -0.2) is 42.0 Å². The molecule has 0 radical (unpaired) electrons. The molecular weight excluding hydrogens is 298 g/mol. The van der Waals surface area contributed by atoms with Gasteiger partial charge in [0.05, 0.1) is 23.8 Å². The van der Waals surface area contributed by atoms with E-state index >= 15 is 0 Å². The van der Waals surface area contributed by atoms with Crippen molar-refractivity contribution < 1.29 is 14.5 Å². The minimum atomic E-state index is -0.495. The molecule has 0 unspecified atom stereocenters. The quantitative estimate of drug-likeness (QED) is 0.666. The highest BCUT2D eigenvalue weighted by Gasteiger charge is 2.26. The van der Waals surface area contributed by atoms with Gasteiger partial charge in [0.2, 0.25) is 5.91 Å². The lowest BCUT2D eigenvalue weighted by atomic mass is 9.99. The van der Waals surface area contributed by atoms with Crippen LogP contribution in [0, 0.1) is 16.0 Å². The Morgan fingerprint density at radius 3 is 2.87 bits per heavy atom. The fraction of sp³-hybridized carbons (Fsp3) is 0.562. The molecular formula is C16H23N3O4. The van der Waals surface area contributed by atoms with Crippen LogP contribution in [0.2, 0.25) is 0 Å². The SMILES string of the molecule is COc1ccc([N+](=O)[O-])cc1NC(=O)[C@H](C)N1CCC[C@@H](C)C1. The van der Waals surface area contributed by atoms with Crippen molar-refractivity contribution >= 4 is 17.3 Å². The van der Waals surface area contributed by atoms with Crippen molar-refractivity contribution in [2.75, 3.05) is 25.5 Å². The number of carbonyl (C=O) groups is 1. The second kappa shape index (κ2) is 7.41. The predicted molar refractivity (Wildman–Crippen MR) is 87.7 cm³/mol. The molecule has 7 nitrogen and oxygen atoms in total. The van der Waals surface area contributed by atoms with Crippen LogP contribution in [0.1, 0.15) is 26.7 Å². The molecule has 1 saturated heterocycles. The molecule has 0 bridgehead atoms. The fourth-order valence-corrected chi connectivity index (χ4v) is 2.89. The number of ether oxygens (including phenoxy) is 1. The smallest absolute Gasteiger partial charge is 0.271 e. The maximum absolute atomic E-state index is 12.5.